The molecule has 0 fully saturated rings. The Morgan fingerprint density at radius 3 is 2.14 bits per heavy atom. The fourth-order valence-corrected chi connectivity index (χ4v) is 2.62. The molecule has 3 nitrogen and oxygen atoms in total. The third kappa shape index (κ3) is 3.35. The predicted molar refractivity (Wildman–Crippen MR) is 74.7 cm³/mol. The molecule has 0 aliphatic carbocycles. The van der Waals surface area contributed by atoms with Gasteiger partial charge in [-0.1, -0.05) is 49.3 Å². The highest BCUT2D eigenvalue weighted by Gasteiger charge is 2.65. The van der Waals surface area contributed by atoms with Crippen LogP contribution in [0.15, 0.2) is 47.4 Å². The quantitative estimate of drug-likeness (QED) is 0.378. The molecule has 0 saturated carbocycles. The van der Waals surface area contributed by atoms with Crippen molar-refractivity contribution >= 4 is 15.9 Å². The first kappa shape index (κ1) is 16.2. The van der Waals surface area contributed by atoms with Crippen molar-refractivity contribution in [1.29, 1.82) is 0 Å². The minimum absolute atomic E-state index is 0.112. The molecule has 0 unspecified atom stereocenters. The summed E-state index contributed by atoms with van der Waals surface area (Å²) in [5.41, 5.74) is -0.167. The van der Waals surface area contributed by atoms with E-state index in [1.165, 1.54) is 12.1 Å². The summed E-state index contributed by atoms with van der Waals surface area (Å²) in [6, 6.07) is 6.98. The zero-order valence-corrected chi connectivity index (χ0v) is 11.9. The summed E-state index contributed by atoms with van der Waals surface area (Å²) in [4.78, 5) is 7.59. The molecule has 0 aromatic heterocycles. The number of rotatable bonds is 3. The molecule has 0 heterocycles. The number of nitrogens with zero attached hydrogens (tertiary/aromatic N) is 1. The second-order valence-corrected chi connectivity index (χ2v) is 7.18. The van der Waals surface area contributed by atoms with E-state index in [-0.39, 0.29) is 23.3 Å². The lowest BCUT2D eigenvalue weighted by molar-refractivity contribution is -0.384. The molecule has 22 heavy (non-hydrogen) atoms. The van der Waals surface area contributed by atoms with Gasteiger partial charge in [0.05, 0.1) is 10.5 Å². The minimum Gasteiger partial charge on any atom is -0.258 e. The number of benzene rings is 2. The fraction of sp³-hybridized carbons (Fsp3) is 0.0769. The van der Waals surface area contributed by atoms with E-state index in [0.29, 0.717) is 6.07 Å². The first-order valence-electron chi connectivity index (χ1n) is 5.87. The zero-order chi connectivity index (χ0) is 16.8. The van der Waals surface area contributed by atoms with E-state index in [1.807, 2.05) is 0 Å². The van der Waals surface area contributed by atoms with E-state index in [1.54, 1.807) is 19.1 Å². The molecule has 0 bridgehead atoms. The first-order valence-corrected chi connectivity index (χ1v) is 7.83. The lowest BCUT2D eigenvalue weighted by atomic mass is 10.0. The van der Waals surface area contributed by atoms with Crippen molar-refractivity contribution in [3.05, 3.63) is 58.1 Å². The highest BCUT2D eigenvalue weighted by Crippen LogP contribution is 3.02. The summed E-state index contributed by atoms with van der Waals surface area (Å²) in [6.45, 7) is 1.69. The fourth-order valence-electron chi connectivity index (χ4n) is 1.96. The molecule has 2 aromatic rings. The van der Waals surface area contributed by atoms with Crippen molar-refractivity contribution in [3.63, 3.8) is 0 Å². The molecule has 0 saturated heterocycles. The van der Waals surface area contributed by atoms with Crippen LogP contribution < -0.4 is 0 Å². The Hall–Kier alpha value is -2.16. The van der Waals surface area contributed by atoms with Crippen LogP contribution in [0, 0.1) is 17.0 Å². The van der Waals surface area contributed by atoms with Crippen LogP contribution >= 0.6 is 10.2 Å². The molecular weight excluding hydrogens is 329 g/mol. The maximum absolute atomic E-state index is 12.8. The smallest absolute Gasteiger partial charge is 0.258 e. The van der Waals surface area contributed by atoms with Crippen LogP contribution in [0.1, 0.15) is 5.56 Å². The summed E-state index contributed by atoms with van der Waals surface area (Å²) in [5, 5.41) is 11.0. The van der Waals surface area contributed by atoms with E-state index in [0.717, 1.165) is 5.56 Å². The van der Waals surface area contributed by atoms with Crippen LogP contribution in [-0.2, 0) is 0 Å². The number of hydrogen-bond acceptors (Lipinski definition) is 2. The predicted octanol–water partition coefficient (Wildman–Crippen LogP) is 6.23. The second-order valence-electron chi connectivity index (χ2n) is 4.77. The molecule has 0 spiro atoms. The van der Waals surface area contributed by atoms with Gasteiger partial charge in [-0.05, 0) is 24.6 Å². The highest BCUT2D eigenvalue weighted by molar-refractivity contribution is 8.45. The third-order valence-electron chi connectivity index (χ3n) is 2.94. The first-order chi connectivity index (χ1) is 9.77. The zero-order valence-electron chi connectivity index (χ0n) is 11.1. The average molecular weight is 339 g/mol. The Morgan fingerprint density at radius 2 is 1.64 bits per heavy atom. The van der Waals surface area contributed by atoms with Gasteiger partial charge in [-0.2, -0.15) is 0 Å². The molecule has 9 heteroatoms. The van der Waals surface area contributed by atoms with E-state index < -0.39 is 25.7 Å². The van der Waals surface area contributed by atoms with Crippen molar-refractivity contribution in [2.75, 3.05) is 0 Å². The molecule has 0 aliphatic rings. The van der Waals surface area contributed by atoms with Crippen LogP contribution in [0.3, 0.4) is 0 Å². The van der Waals surface area contributed by atoms with Gasteiger partial charge in [-0.3, -0.25) is 10.1 Å². The average Bonchev–Trinajstić information content (AvgIpc) is 2.35. The van der Waals surface area contributed by atoms with E-state index in [9.17, 15) is 29.5 Å². The van der Waals surface area contributed by atoms with E-state index in [2.05, 4.69) is 0 Å². The molecular formula is C13H10F5NO2S. The molecule has 0 amide bonds. The molecule has 120 valence electrons. The summed E-state index contributed by atoms with van der Waals surface area (Å²) >= 11 is 0. The summed E-state index contributed by atoms with van der Waals surface area (Å²) in [7, 11) is -9.96. The van der Waals surface area contributed by atoms with Crippen molar-refractivity contribution < 1.29 is 24.4 Å². The van der Waals surface area contributed by atoms with Gasteiger partial charge in [-0.25, -0.2) is 0 Å². The summed E-state index contributed by atoms with van der Waals surface area (Å²) in [5.74, 6) is 0. The lowest BCUT2D eigenvalue weighted by Gasteiger charge is -2.40. The normalized spacial score (nSPS) is 15.0. The number of aryl methyl sites for hydroxylation is 1. The molecule has 0 atom stereocenters. The Bertz CT molecular complexity index is 774. The Labute approximate surface area is 122 Å². The highest BCUT2D eigenvalue weighted by atomic mass is 32.5. The van der Waals surface area contributed by atoms with Gasteiger partial charge in [0.1, 0.15) is 4.90 Å². The third-order valence-corrected chi connectivity index (χ3v) is 4.09. The van der Waals surface area contributed by atoms with Crippen molar-refractivity contribution in [3.8, 4) is 11.1 Å². The topological polar surface area (TPSA) is 43.1 Å². The number of halogens is 5. The molecule has 2 aromatic carbocycles. The summed E-state index contributed by atoms with van der Waals surface area (Å²) in [6.07, 6.45) is 0. The number of hydrogen-bond donors (Lipinski definition) is 0. The summed E-state index contributed by atoms with van der Waals surface area (Å²) < 4.78 is 63.8. The SMILES string of the molecule is Cc1cccc(-c2ccc(S(F)(F)(F)(F)F)cc2[N+](=O)[O-])c1. The number of nitro benzene ring substituents is 1. The maximum atomic E-state index is 12.8. The van der Waals surface area contributed by atoms with Crippen molar-refractivity contribution in [2.24, 2.45) is 0 Å². The van der Waals surface area contributed by atoms with Crippen LogP contribution in [0.5, 0.6) is 0 Å². The Morgan fingerprint density at radius 1 is 1.00 bits per heavy atom. The van der Waals surface area contributed by atoms with Crippen LogP contribution in [0.25, 0.3) is 11.1 Å². The van der Waals surface area contributed by atoms with Gasteiger partial charge >= 0.3 is 10.2 Å². The van der Waals surface area contributed by atoms with Gasteiger partial charge in [0, 0.05) is 6.07 Å². The van der Waals surface area contributed by atoms with Gasteiger partial charge < -0.3 is 0 Å². The van der Waals surface area contributed by atoms with Crippen molar-refractivity contribution in [1.82, 2.24) is 0 Å². The van der Waals surface area contributed by atoms with Crippen LogP contribution in [0.4, 0.5) is 25.1 Å². The van der Waals surface area contributed by atoms with Crippen LogP contribution in [0.2, 0.25) is 0 Å². The monoisotopic (exact) mass is 339 g/mol. The van der Waals surface area contributed by atoms with Gasteiger partial charge in [-0.15, -0.1) is 0 Å². The maximum Gasteiger partial charge on any atom is 0.310 e. The Kier molecular flexibility index (Phi) is 3.09. The molecule has 0 aliphatic heterocycles. The van der Waals surface area contributed by atoms with Gasteiger partial charge in [0.2, 0.25) is 0 Å². The Balaban J connectivity index is 2.73. The van der Waals surface area contributed by atoms with Gasteiger partial charge in [0.15, 0.2) is 0 Å². The molecule has 0 radical (unpaired) electrons. The largest absolute Gasteiger partial charge is 0.310 e. The van der Waals surface area contributed by atoms with Gasteiger partial charge in [0.25, 0.3) is 5.69 Å². The standard InChI is InChI=1S/C13H10F5NO2S/c1-9-3-2-4-10(7-9)12-6-5-11(8-13(12)19(20)21)22(14,15,16,17)18/h2-8H,1H3. The van der Waals surface area contributed by atoms with E-state index in [4.69, 9.17) is 0 Å². The van der Waals surface area contributed by atoms with Crippen LogP contribution in [-0.4, -0.2) is 4.92 Å². The number of nitro groups is 1. The second kappa shape index (κ2) is 4.19. The van der Waals surface area contributed by atoms with Crippen molar-refractivity contribution in [2.45, 2.75) is 11.8 Å². The minimum atomic E-state index is -9.96. The lowest BCUT2D eigenvalue weighted by Crippen LogP contribution is -2.07. The molecule has 0 N–H and O–H groups in total. The van der Waals surface area contributed by atoms with E-state index >= 15 is 0 Å². The molecule has 2 rings (SSSR count).